The van der Waals surface area contributed by atoms with Crippen LogP contribution >= 0.6 is 11.8 Å². The van der Waals surface area contributed by atoms with Gasteiger partial charge in [-0.1, -0.05) is 58.0 Å². The van der Waals surface area contributed by atoms with E-state index in [4.69, 9.17) is 0 Å². The normalized spacial score (nSPS) is 15.2. The van der Waals surface area contributed by atoms with Crippen LogP contribution in [0.5, 0.6) is 0 Å². The van der Waals surface area contributed by atoms with Crippen molar-refractivity contribution < 1.29 is 0 Å². The predicted molar refractivity (Wildman–Crippen MR) is 88.9 cm³/mol. The second kappa shape index (κ2) is 7.96. The lowest BCUT2D eigenvalue weighted by atomic mass is 9.85. The van der Waals surface area contributed by atoms with Gasteiger partial charge in [-0.05, 0) is 30.1 Å². The number of benzene rings is 1. The molecule has 0 saturated carbocycles. The van der Waals surface area contributed by atoms with Gasteiger partial charge in [-0.15, -0.1) is 0 Å². The van der Waals surface area contributed by atoms with Crippen LogP contribution in [0.25, 0.3) is 0 Å². The van der Waals surface area contributed by atoms with Crippen LogP contribution in [0.15, 0.2) is 30.3 Å². The van der Waals surface area contributed by atoms with Gasteiger partial charge in [0.05, 0.1) is 0 Å². The maximum atomic E-state index is 3.80. The molecule has 0 aliphatic heterocycles. The molecule has 2 unspecified atom stereocenters. The van der Waals surface area contributed by atoms with Gasteiger partial charge in [-0.3, -0.25) is 0 Å². The summed E-state index contributed by atoms with van der Waals surface area (Å²) in [5, 5.41) is 3.80. The first kappa shape index (κ1) is 16.6. The third-order valence-electron chi connectivity index (χ3n) is 3.08. The van der Waals surface area contributed by atoms with Crippen LogP contribution in [-0.4, -0.2) is 17.5 Å². The first-order valence-corrected chi connectivity index (χ1v) is 8.46. The molecule has 2 atom stereocenters. The van der Waals surface area contributed by atoms with Gasteiger partial charge >= 0.3 is 0 Å². The maximum absolute atomic E-state index is 3.80. The fourth-order valence-electron chi connectivity index (χ4n) is 2.26. The fourth-order valence-corrected chi connectivity index (χ4v) is 2.94. The van der Waals surface area contributed by atoms with Gasteiger partial charge in [-0.25, -0.2) is 0 Å². The molecule has 0 spiro atoms. The van der Waals surface area contributed by atoms with Gasteiger partial charge in [0.1, 0.15) is 0 Å². The van der Waals surface area contributed by atoms with Crippen molar-refractivity contribution in [2.75, 3.05) is 11.5 Å². The Kier molecular flexibility index (Phi) is 6.95. The van der Waals surface area contributed by atoms with Gasteiger partial charge in [0.15, 0.2) is 0 Å². The van der Waals surface area contributed by atoms with Crippen LogP contribution in [-0.2, 0) is 0 Å². The van der Waals surface area contributed by atoms with E-state index in [-0.39, 0.29) is 0 Å². The molecule has 0 aliphatic rings. The van der Waals surface area contributed by atoms with Crippen LogP contribution < -0.4 is 5.32 Å². The summed E-state index contributed by atoms with van der Waals surface area (Å²) < 4.78 is 0. The van der Waals surface area contributed by atoms with Crippen LogP contribution in [0.4, 0.5) is 0 Å². The molecule has 19 heavy (non-hydrogen) atoms. The summed E-state index contributed by atoms with van der Waals surface area (Å²) in [5.74, 6) is 2.38. The second-order valence-corrected chi connectivity index (χ2v) is 7.77. The molecule has 108 valence electrons. The summed E-state index contributed by atoms with van der Waals surface area (Å²) in [6, 6.07) is 11.8. The molecule has 0 saturated heterocycles. The van der Waals surface area contributed by atoms with Gasteiger partial charge < -0.3 is 5.32 Å². The summed E-state index contributed by atoms with van der Waals surface area (Å²) in [7, 11) is 0. The quantitative estimate of drug-likeness (QED) is 0.762. The van der Waals surface area contributed by atoms with E-state index >= 15 is 0 Å². The summed E-state index contributed by atoms with van der Waals surface area (Å²) >= 11 is 2.01. The highest BCUT2D eigenvalue weighted by molar-refractivity contribution is 7.99. The zero-order valence-electron chi connectivity index (χ0n) is 13.1. The van der Waals surface area contributed by atoms with Gasteiger partial charge in [0, 0.05) is 17.8 Å². The minimum absolute atomic E-state index is 0.338. The van der Waals surface area contributed by atoms with Crippen LogP contribution in [0.2, 0.25) is 0 Å². The molecule has 0 aliphatic carbocycles. The Hall–Kier alpha value is -0.470. The lowest BCUT2D eigenvalue weighted by Gasteiger charge is -2.30. The van der Waals surface area contributed by atoms with E-state index in [9.17, 15) is 0 Å². The average Bonchev–Trinajstić information content (AvgIpc) is 2.35. The summed E-state index contributed by atoms with van der Waals surface area (Å²) in [4.78, 5) is 0. The molecule has 0 radical (unpaired) electrons. The number of thioether (sulfide) groups is 1. The Labute approximate surface area is 123 Å². The highest BCUT2D eigenvalue weighted by Crippen LogP contribution is 2.29. The monoisotopic (exact) mass is 279 g/mol. The number of rotatable bonds is 7. The Morgan fingerprint density at radius 3 is 2.32 bits per heavy atom. The standard InChI is InChI=1S/C17H29NS/c1-6-19-13-14(2)18-16(12-17(3,4)5)15-10-8-7-9-11-15/h7-11,14,16,18H,6,12-13H2,1-5H3. The molecule has 0 amide bonds. The molecule has 1 rings (SSSR count). The zero-order valence-corrected chi connectivity index (χ0v) is 13.9. The topological polar surface area (TPSA) is 12.0 Å². The van der Waals surface area contributed by atoms with Crippen molar-refractivity contribution in [3.05, 3.63) is 35.9 Å². The van der Waals surface area contributed by atoms with Crippen molar-refractivity contribution >= 4 is 11.8 Å². The Morgan fingerprint density at radius 2 is 1.79 bits per heavy atom. The van der Waals surface area contributed by atoms with E-state index in [1.165, 1.54) is 17.1 Å². The Balaban J connectivity index is 2.70. The van der Waals surface area contributed by atoms with Gasteiger partial charge in [-0.2, -0.15) is 11.8 Å². The van der Waals surface area contributed by atoms with E-state index in [0.717, 1.165) is 6.42 Å². The Bertz CT molecular complexity index is 342. The molecule has 1 aromatic carbocycles. The maximum Gasteiger partial charge on any atom is 0.0327 e. The number of hydrogen-bond acceptors (Lipinski definition) is 2. The minimum Gasteiger partial charge on any atom is -0.307 e. The van der Waals surface area contributed by atoms with E-state index in [0.29, 0.717) is 17.5 Å². The van der Waals surface area contributed by atoms with Crippen LogP contribution in [0, 0.1) is 5.41 Å². The summed E-state index contributed by atoms with van der Waals surface area (Å²) in [6.07, 6.45) is 1.16. The van der Waals surface area contributed by atoms with Crippen LogP contribution in [0.1, 0.15) is 52.6 Å². The van der Waals surface area contributed by atoms with E-state index < -0.39 is 0 Å². The average molecular weight is 279 g/mol. The van der Waals surface area contributed by atoms with Crippen molar-refractivity contribution in [2.45, 2.75) is 53.1 Å². The smallest absolute Gasteiger partial charge is 0.0327 e. The molecular weight excluding hydrogens is 250 g/mol. The highest BCUT2D eigenvalue weighted by atomic mass is 32.2. The third kappa shape index (κ3) is 7.03. The van der Waals surface area contributed by atoms with Crippen molar-refractivity contribution in [3.63, 3.8) is 0 Å². The Morgan fingerprint density at radius 1 is 1.16 bits per heavy atom. The van der Waals surface area contributed by atoms with E-state index in [1.54, 1.807) is 0 Å². The molecule has 2 heteroatoms. The molecule has 1 nitrogen and oxygen atoms in total. The minimum atomic E-state index is 0.338. The molecule has 1 aromatic rings. The molecule has 0 aromatic heterocycles. The van der Waals surface area contributed by atoms with Crippen molar-refractivity contribution in [1.29, 1.82) is 0 Å². The molecular formula is C17H29NS. The molecule has 0 fully saturated rings. The highest BCUT2D eigenvalue weighted by Gasteiger charge is 2.21. The predicted octanol–water partition coefficient (Wildman–Crippen LogP) is 4.90. The fraction of sp³-hybridized carbons (Fsp3) is 0.647. The van der Waals surface area contributed by atoms with E-state index in [1.807, 2.05) is 11.8 Å². The van der Waals surface area contributed by atoms with Gasteiger partial charge in [0.25, 0.3) is 0 Å². The largest absolute Gasteiger partial charge is 0.307 e. The molecule has 1 N–H and O–H groups in total. The van der Waals surface area contributed by atoms with E-state index in [2.05, 4.69) is 70.3 Å². The zero-order chi connectivity index (χ0) is 14.3. The van der Waals surface area contributed by atoms with Crippen molar-refractivity contribution in [3.8, 4) is 0 Å². The first-order valence-electron chi connectivity index (χ1n) is 7.31. The molecule has 0 heterocycles. The SMILES string of the molecule is CCSCC(C)NC(CC(C)(C)C)c1ccccc1. The third-order valence-corrected chi connectivity index (χ3v) is 4.22. The first-order chi connectivity index (χ1) is 8.92. The lowest BCUT2D eigenvalue weighted by molar-refractivity contribution is 0.301. The van der Waals surface area contributed by atoms with Crippen molar-refractivity contribution in [1.82, 2.24) is 5.32 Å². The van der Waals surface area contributed by atoms with Gasteiger partial charge in [0.2, 0.25) is 0 Å². The molecule has 0 bridgehead atoms. The van der Waals surface area contributed by atoms with Crippen LogP contribution in [0.3, 0.4) is 0 Å². The number of nitrogens with one attached hydrogen (secondary N) is 1. The summed E-state index contributed by atoms with van der Waals surface area (Å²) in [5.41, 5.74) is 1.75. The number of hydrogen-bond donors (Lipinski definition) is 1. The lowest BCUT2D eigenvalue weighted by Crippen LogP contribution is -2.34. The van der Waals surface area contributed by atoms with Crippen molar-refractivity contribution in [2.24, 2.45) is 5.41 Å². The second-order valence-electron chi connectivity index (χ2n) is 6.46. The summed E-state index contributed by atoms with van der Waals surface area (Å²) in [6.45, 7) is 11.5.